The largest absolute Gasteiger partial charge is 0.504 e. The van der Waals surface area contributed by atoms with Crippen molar-refractivity contribution in [2.45, 2.75) is 105 Å². The molecule has 0 saturated heterocycles. The van der Waals surface area contributed by atoms with E-state index in [4.69, 9.17) is 14.2 Å². The second-order valence-corrected chi connectivity index (χ2v) is 15.2. The fourth-order valence-electron chi connectivity index (χ4n) is 5.32. The third-order valence-electron chi connectivity index (χ3n) is 8.13. The maximum atomic E-state index is 14.1. The number of carbonyl (C=O) groups excluding carboxylic acids is 4. The summed E-state index contributed by atoms with van der Waals surface area (Å²) in [4.78, 5) is 59.1. The van der Waals surface area contributed by atoms with E-state index in [1.54, 1.807) is 76.8 Å². The number of aromatic hydroxyl groups is 1. The number of carbonyl (C=O) groups is 4. The molecular formula is C42H57N5O8. The average Bonchev–Trinajstić information content (AvgIpc) is 3.10. The standard InChI is InChI=1S/C42H57N5O8/c1-10-24-47(25-23-30-19-16-22-33(35(30)48)53-27-29-17-13-12-14-18-29)37(50)34(28(3)11-2)44-36(49)31-20-15-21-32(26-31)43-38(45-39(51)54-41(4,5)6)46-40(52)55-42(7,8)9/h12-22,26,28,34,48H,10-11,23-25,27H2,1-9H3,(H,44,49)(H2,43,45,46,51,52)/t28?,34-/m0/s1. The molecule has 0 aliphatic heterocycles. The Bertz CT molecular complexity index is 1750. The van der Waals surface area contributed by atoms with Gasteiger partial charge < -0.3 is 29.5 Å². The number of hydrogen-bond donors (Lipinski definition) is 4. The summed E-state index contributed by atoms with van der Waals surface area (Å²) in [5, 5.41) is 18.8. The van der Waals surface area contributed by atoms with E-state index in [1.165, 1.54) is 6.07 Å². The van der Waals surface area contributed by atoms with Gasteiger partial charge in [-0.25, -0.2) is 14.6 Å². The lowest BCUT2D eigenvalue weighted by Crippen LogP contribution is -2.52. The summed E-state index contributed by atoms with van der Waals surface area (Å²) in [6, 6.07) is 20.4. The monoisotopic (exact) mass is 759 g/mol. The van der Waals surface area contributed by atoms with Gasteiger partial charge in [-0.15, -0.1) is 0 Å². The number of amides is 4. The van der Waals surface area contributed by atoms with Crippen molar-refractivity contribution in [3.8, 4) is 11.5 Å². The first kappa shape index (κ1) is 43.8. The smallest absolute Gasteiger partial charge is 0.414 e. The number of para-hydroxylation sites is 1. The van der Waals surface area contributed by atoms with Crippen molar-refractivity contribution in [1.82, 2.24) is 20.9 Å². The molecular weight excluding hydrogens is 702 g/mol. The molecule has 4 amide bonds. The van der Waals surface area contributed by atoms with Crippen molar-refractivity contribution in [2.24, 2.45) is 10.9 Å². The summed E-state index contributed by atoms with van der Waals surface area (Å²) in [5.41, 5.74) is 0.404. The Balaban J connectivity index is 1.80. The number of guanidine groups is 1. The van der Waals surface area contributed by atoms with E-state index >= 15 is 0 Å². The zero-order valence-electron chi connectivity index (χ0n) is 33.5. The Morgan fingerprint density at radius 2 is 1.44 bits per heavy atom. The van der Waals surface area contributed by atoms with Gasteiger partial charge in [0.15, 0.2) is 11.5 Å². The van der Waals surface area contributed by atoms with Crippen LogP contribution >= 0.6 is 0 Å². The maximum Gasteiger partial charge on any atom is 0.414 e. The quantitative estimate of drug-likeness (QED) is 0.0961. The van der Waals surface area contributed by atoms with Crippen LogP contribution in [0.2, 0.25) is 0 Å². The first-order valence-corrected chi connectivity index (χ1v) is 18.6. The molecule has 13 nitrogen and oxygen atoms in total. The fraction of sp³-hybridized carbons (Fsp3) is 0.452. The SMILES string of the molecule is CCCN(CCc1cccc(OCc2ccccc2)c1O)C(=O)[C@@H](NC(=O)c1cccc(N=C(NC(=O)OC(C)(C)C)NC(=O)OC(C)(C)C)c1)C(C)CC. The number of aliphatic imine (C=N–C) groups is 1. The van der Waals surface area contributed by atoms with E-state index < -0.39 is 35.3 Å². The molecule has 55 heavy (non-hydrogen) atoms. The Hall–Kier alpha value is -5.59. The minimum absolute atomic E-state index is 0.0300. The predicted molar refractivity (Wildman–Crippen MR) is 212 cm³/mol. The summed E-state index contributed by atoms with van der Waals surface area (Å²) in [7, 11) is 0. The molecule has 0 fully saturated rings. The lowest BCUT2D eigenvalue weighted by molar-refractivity contribution is -0.134. The normalized spacial score (nSPS) is 12.4. The molecule has 13 heteroatoms. The molecule has 3 rings (SSSR count). The van der Waals surface area contributed by atoms with E-state index in [1.807, 2.05) is 57.2 Å². The van der Waals surface area contributed by atoms with Crippen molar-refractivity contribution in [1.29, 1.82) is 0 Å². The van der Waals surface area contributed by atoms with Crippen molar-refractivity contribution >= 4 is 35.6 Å². The molecule has 0 heterocycles. The highest BCUT2D eigenvalue weighted by Gasteiger charge is 2.30. The first-order valence-electron chi connectivity index (χ1n) is 18.6. The highest BCUT2D eigenvalue weighted by Crippen LogP contribution is 2.31. The van der Waals surface area contributed by atoms with Crippen LogP contribution in [0.4, 0.5) is 15.3 Å². The molecule has 0 aliphatic rings. The van der Waals surface area contributed by atoms with Crippen LogP contribution in [-0.2, 0) is 27.3 Å². The Labute approximate surface area is 324 Å². The third-order valence-corrected chi connectivity index (χ3v) is 8.13. The number of ether oxygens (including phenoxy) is 3. The summed E-state index contributed by atoms with van der Waals surface area (Å²) in [6.45, 7) is 17.1. The number of hydrogen-bond acceptors (Lipinski definition) is 9. The number of benzene rings is 3. The van der Waals surface area contributed by atoms with Crippen LogP contribution in [0.25, 0.3) is 0 Å². The van der Waals surface area contributed by atoms with Crippen LogP contribution in [0.15, 0.2) is 77.8 Å². The van der Waals surface area contributed by atoms with E-state index in [0.717, 1.165) is 5.56 Å². The van der Waals surface area contributed by atoms with Gasteiger partial charge in [-0.05, 0) is 95.7 Å². The van der Waals surface area contributed by atoms with Gasteiger partial charge in [0.25, 0.3) is 5.91 Å². The van der Waals surface area contributed by atoms with Crippen LogP contribution in [0, 0.1) is 5.92 Å². The van der Waals surface area contributed by atoms with E-state index in [0.29, 0.717) is 50.3 Å². The molecule has 0 saturated carbocycles. The Morgan fingerprint density at radius 3 is 2.02 bits per heavy atom. The minimum atomic E-state index is -0.859. The van der Waals surface area contributed by atoms with Gasteiger partial charge in [0.1, 0.15) is 23.9 Å². The summed E-state index contributed by atoms with van der Waals surface area (Å²) in [5.74, 6) is -0.831. The fourth-order valence-corrected chi connectivity index (χ4v) is 5.32. The number of rotatable bonds is 14. The van der Waals surface area contributed by atoms with Crippen LogP contribution in [-0.4, -0.2) is 70.3 Å². The lowest BCUT2D eigenvalue weighted by atomic mass is 9.96. The van der Waals surface area contributed by atoms with Gasteiger partial charge in [0, 0.05) is 18.7 Å². The average molecular weight is 760 g/mol. The Morgan fingerprint density at radius 1 is 0.818 bits per heavy atom. The van der Waals surface area contributed by atoms with Crippen molar-refractivity contribution in [3.05, 3.63) is 89.5 Å². The molecule has 3 aromatic rings. The molecule has 0 aliphatic carbocycles. The molecule has 298 valence electrons. The van der Waals surface area contributed by atoms with Crippen molar-refractivity contribution in [2.75, 3.05) is 13.1 Å². The molecule has 0 bridgehead atoms. The number of phenolic OH excluding ortho intramolecular Hbond substituents is 1. The van der Waals surface area contributed by atoms with Gasteiger partial charge in [-0.1, -0.05) is 75.7 Å². The predicted octanol–water partition coefficient (Wildman–Crippen LogP) is 7.63. The molecule has 0 spiro atoms. The van der Waals surface area contributed by atoms with Crippen LogP contribution in [0.5, 0.6) is 11.5 Å². The summed E-state index contributed by atoms with van der Waals surface area (Å²) in [6.07, 6.45) is -0.0308. The van der Waals surface area contributed by atoms with Crippen molar-refractivity contribution in [3.63, 3.8) is 0 Å². The Kier molecular flexibility index (Phi) is 16.1. The van der Waals surface area contributed by atoms with Crippen LogP contribution in [0.3, 0.4) is 0 Å². The van der Waals surface area contributed by atoms with Gasteiger partial charge in [0.05, 0.1) is 5.69 Å². The van der Waals surface area contributed by atoms with E-state index in [-0.39, 0.29) is 34.8 Å². The van der Waals surface area contributed by atoms with Gasteiger partial charge in [-0.2, -0.15) is 0 Å². The lowest BCUT2D eigenvalue weighted by Gasteiger charge is -2.31. The molecule has 4 N–H and O–H groups in total. The third kappa shape index (κ3) is 15.0. The van der Waals surface area contributed by atoms with Gasteiger partial charge in [0.2, 0.25) is 11.9 Å². The van der Waals surface area contributed by atoms with E-state index in [9.17, 15) is 24.3 Å². The molecule has 0 radical (unpaired) electrons. The highest BCUT2D eigenvalue weighted by molar-refractivity contribution is 6.03. The zero-order valence-corrected chi connectivity index (χ0v) is 33.5. The van der Waals surface area contributed by atoms with E-state index in [2.05, 4.69) is 20.9 Å². The van der Waals surface area contributed by atoms with Gasteiger partial charge >= 0.3 is 12.2 Å². The number of nitrogens with one attached hydrogen (secondary N) is 3. The first-order chi connectivity index (χ1) is 25.9. The maximum absolute atomic E-state index is 14.1. The molecule has 0 aromatic heterocycles. The second-order valence-electron chi connectivity index (χ2n) is 15.2. The van der Waals surface area contributed by atoms with Crippen molar-refractivity contribution < 1.29 is 38.5 Å². The molecule has 3 aromatic carbocycles. The number of nitrogens with zero attached hydrogens (tertiary/aromatic N) is 2. The topological polar surface area (TPSA) is 168 Å². The summed E-state index contributed by atoms with van der Waals surface area (Å²) < 4.78 is 16.5. The molecule has 1 unspecified atom stereocenters. The summed E-state index contributed by atoms with van der Waals surface area (Å²) >= 11 is 0. The van der Waals surface area contributed by atoms with Gasteiger partial charge in [-0.3, -0.25) is 20.2 Å². The van der Waals surface area contributed by atoms with Crippen LogP contribution in [0.1, 0.15) is 96.6 Å². The molecule has 2 atom stereocenters. The van der Waals surface area contributed by atoms with Crippen LogP contribution < -0.4 is 20.7 Å². The zero-order chi connectivity index (χ0) is 40.8. The number of phenols is 1. The number of alkyl carbamates (subject to hydrolysis) is 2. The minimum Gasteiger partial charge on any atom is -0.504 e. The highest BCUT2D eigenvalue weighted by atomic mass is 16.6. The second kappa shape index (κ2) is 20.2.